The Bertz CT molecular complexity index is 1170. The van der Waals surface area contributed by atoms with Crippen LogP contribution in [-0.2, 0) is 24.1 Å². The molecule has 1 aliphatic carbocycles. The molecule has 2 aromatic carbocycles. The van der Waals surface area contributed by atoms with Crippen molar-refractivity contribution in [2.75, 3.05) is 20.1 Å². The van der Waals surface area contributed by atoms with E-state index in [9.17, 15) is 9.90 Å². The van der Waals surface area contributed by atoms with E-state index in [1.54, 1.807) is 23.3 Å². The van der Waals surface area contributed by atoms with Crippen LogP contribution in [0, 0.1) is 5.92 Å². The maximum absolute atomic E-state index is 11.0. The molecule has 1 aliphatic rings. The molecule has 0 radical (unpaired) electrons. The Hall–Kier alpha value is -2.16. The van der Waals surface area contributed by atoms with Crippen LogP contribution in [0.1, 0.15) is 43.4 Å². The van der Waals surface area contributed by atoms with E-state index in [2.05, 4.69) is 65.9 Å². The Morgan fingerprint density at radius 2 is 1.78 bits per heavy atom. The van der Waals surface area contributed by atoms with Crippen molar-refractivity contribution in [2.45, 2.75) is 61.8 Å². The van der Waals surface area contributed by atoms with Crippen molar-refractivity contribution in [3.63, 3.8) is 0 Å². The van der Waals surface area contributed by atoms with Gasteiger partial charge < -0.3 is 15.5 Å². The van der Waals surface area contributed by atoms with Gasteiger partial charge in [-0.25, -0.2) is 4.31 Å². The number of aryl methyl sites for hydroxylation is 1. The molecule has 198 valence electrons. The number of rotatable bonds is 13. The second-order valence-electron chi connectivity index (χ2n) is 10.7. The number of carbonyl (C=O) groups is 1. The van der Waals surface area contributed by atoms with Gasteiger partial charge in [-0.05, 0) is 98.8 Å². The summed E-state index contributed by atoms with van der Waals surface area (Å²) in [6, 6.07) is 21.0. The lowest BCUT2D eigenvalue weighted by molar-refractivity contribution is -0.136. The maximum atomic E-state index is 11.0. The number of aliphatic hydroxyl groups is 1. The van der Waals surface area contributed by atoms with Crippen LogP contribution in [0.5, 0.6) is 0 Å². The van der Waals surface area contributed by atoms with E-state index in [4.69, 9.17) is 5.11 Å². The number of aliphatic carboxylic acids is 1. The molecule has 5 nitrogen and oxygen atoms in total. The molecule has 0 saturated heterocycles. The molecule has 1 aromatic heterocycles. The van der Waals surface area contributed by atoms with Gasteiger partial charge in [0.25, 0.3) is 0 Å². The molecule has 0 saturated carbocycles. The molecule has 0 amide bonds. The van der Waals surface area contributed by atoms with Gasteiger partial charge in [0.2, 0.25) is 0 Å². The second kappa shape index (κ2) is 12.6. The van der Waals surface area contributed by atoms with Gasteiger partial charge in [0.05, 0.1) is 10.3 Å². The SMILES string of the molecule is CN(C[C@H](O)CNC(C)(C)CC1Cc2ccccc2C1)Sc1ccc(-c2ccccc2CCC(=O)O)s1. The van der Waals surface area contributed by atoms with Crippen LogP contribution in [0.15, 0.2) is 64.9 Å². The predicted molar refractivity (Wildman–Crippen MR) is 154 cm³/mol. The highest BCUT2D eigenvalue weighted by molar-refractivity contribution is 7.99. The van der Waals surface area contributed by atoms with Crippen LogP contribution in [0.4, 0.5) is 0 Å². The second-order valence-corrected chi connectivity index (χ2v) is 13.3. The van der Waals surface area contributed by atoms with Gasteiger partial charge in [-0.3, -0.25) is 4.79 Å². The third-order valence-electron chi connectivity index (χ3n) is 6.94. The Labute approximate surface area is 229 Å². The molecule has 1 heterocycles. The van der Waals surface area contributed by atoms with Crippen molar-refractivity contribution < 1.29 is 15.0 Å². The van der Waals surface area contributed by atoms with E-state index in [1.807, 2.05) is 25.2 Å². The van der Waals surface area contributed by atoms with Crippen LogP contribution < -0.4 is 5.32 Å². The van der Waals surface area contributed by atoms with Crippen LogP contribution in [0.2, 0.25) is 0 Å². The molecule has 0 spiro atoms. The number of nitrogens with one attached hydrogen (secondary N) is 1. The Morgan fingerprint density at radius 1 is 1.11 bits per heavy atom. The Morgan fingerprint density at radius 3 is 2.49 bits per heavy atom. The van der Waals surface area contributed by atoms with E-state index in [0.717, 1.165) is 39.5 Å². The molecule has 7 heteroatoms. The van der Waals surface area contributed by atoms with Gasteiger partial charge in [0, 0.05) is 29.9 Å². The maximum Gasteiger partial charge on any atom is 0.303 e. The summed E-state index contributed by atoms with van der Waals surface area (Å²) < 4.78 is 3.23. The molecule has 3 aromatic rings. The lowest BCUT2D eigenvalue weighted by Gasteiger charge is -2.31. The highest BCUT2D eigenvalue weighted by Crippen LogP contribution is 2.37. The Balaban J connectivity index is 1.24. The number of carboxylic acid groups (broad SMARTS) is 1. The summed E-state index contributed by atoms with van der Waals surface area (Å²) in [5, 5.41) is 23.4. The van der Waals surface area contributed by atoms with Crippen molar-refractivity contribution in [3.05, 3.63) is 77.4 Å². The summed E-state index contributed by atoms with van der Waals surface area (Å²) >= 11 is 3.33. The fraction of sp³-hybridized carbons (Fsp3) is 0.433. The molecular formula is C30H38N2O3S2. The van der Waals surface area contributed by atoms with Crippen molar-refractivity contribution in [1.29, 1.82) is 0 Å². The minimum absolute atomic E-state index is 0.0317. The highest BCUT2D eigenvalue weighted by Gasteiger charge is 2.28. The minimum atomic E-state index is -0.778. The number of hydrogen-bond donors (Lipinski definition) is 3. The van der Waals surface area contributed by atoms with Gasteiger partial charge in [-0.1, -0.05) is 48.5 Å². The van der Waals surface area contributed by atoms with E-state index in [0.29, 0.717) is 25.4 Å². The van der Waals surface area contributed by atoms with Gasteiger partial charge >= 0.3 is 5.97 Å². The van der Waals surface area contributed by atoms with Crippen LogP contribution >= 0.6 is 23.3 Å². The number of thiophene rings is 1. The Kier molecular flexibility index (Phi) is 9.48. The van der Waals surface area contributed by atoms with E-state index in [1.165, 1.54) is 11.1 Å². The van der Waals surface area contributed by atoms with E-state index >= 15 is 0 Å². The number of benzene rings is 2. The number of carboxylic acids is 1. The fourth-order valence-electron chi connectivity index (χ4n) is 5.27. The summed E-state index contributed by atoms with van der Waals surface area (Å²) in [6.07, 6.45) is 3.57. The fourth-order valence-corrected chi connectivity index (χ4v) is 7.55. The van der Waals surface area contributed by atoms with Crippen molar-refractivity contribution in [3.8, 4) is 10.4 Å². The average molecular weight is 539 g/mol. The zero-order chi connectivity index (χ0) is 26.4. The van der Waals surface area contributed by atoms with Crippen molar-refractivity contribution in [2.24, 2.45) is 5.92 Å². The van der Waals surface area contributed by atoms with Gasteiger partial charge in [0.15, 0.2) is 0 Å². The highest BCUT2D eigenvalue weighted by atomic mass is 32.2. The molecule has 1 atom stereocenters. The van der Waals surface area contributed by atoms with Crippen molar-refractivity contribution in [1.82, 2.24) is 9.62 Å². The van der Waals surface area contributed by atoms with Crippen LogP contribution in [0.3, 0.4) is 0 Å². The predicted octanol–water partition coefficient (Wildman–Crippen LogP) is 5.91. The lowest BCUT2D eigenvalue weighted by Crippen LogP contribution is -2.46. The van der Waals surface area contributed by atoms with Crippen LogP contribution in [-0.4, -0.2) is 52.3 Å². The van der Waals surface area contributed by atoms with Crippen molar-refractivity contribution >= 4 is 29.3 Å². The normalized spacial score (nSPS) is 14.7. The summed E-state index contributed by atoms with van der Waals surface area (Å²) in [4.78, 5) is 12.2. The van der Waals surface area contributed by atoms with Gasteiger partial charge in [-0.2, -0.15) is 0 Å². The van der Waals surface area contributed by atoms with Gasteiger partial charge in [-0.15, -0.1) is 11.3 Å². The monoisotopic (exact) mass is 538 g/mol. The van der Waals surface area contributed by atoms with Crippen LogP contribution in [0.25, 0.3) is 10.4 Å². The van der Waals surface area contributed by atoms with E-state index < -0.39 is 12.1 Å². The number of nitrogens with zero attached hydrogens (tertiary/aromatic N) is 1. The summed E-state index contributed by atoms with van der Waals surface area (Å²) in [6.45, 7) is 5.60. The molecule has 0 bridgehead atoms. The largest absolute Gasteiger partial charge is 0.481 e. The van der Waals surface area contributed by atoms with E-state index in [-0.39, 0.29) is 12.0 Å². The number of hydrogen-bond acceptors (Lipinski definition) is 6. The molecule has 0 fully saturated rings. The topological polar surface area (TPSA) is 72.8 Å². The summed E-state index contributed by atoms with van der Waals surface area (Å²) in [5.41, 5.74) is 5.10. The first-order valence-electron chi connectivity index (χ1n) is 13.0. The first kappa shape index (κ1) is 27.9. The molecule has 0 aliphatic heterocycles. The lowest BCUT2D eigenvalue weighted by atomic mass is 9.88. The first-order chi connectivity index (χ1) is 17.7. The molecule has 0 unspecified atom stereocenters. The number of likely N-dealkylation sites (N-methyl/N-ethyl adjacent to an activating group) is 1. The minimum Gasteiger partial charge on any atom is -0.481 e. The number of β-amino-alcohol motifs (C(OH)–C–C–N with tert-alkyl or cyclic N) is 1. The third-order valence-corrected chi connectivity index (χ3v) is 9.10. The molecular weight excluding hydrogens is 500 g/mol. The number of fused-ring (bicyclic) bond motifs is 1. The smallest absolute Gasteiger partial charge is 0.303 e. The average Bonchev–Trinajstić information content (AvgIpc) is 3.47. The first-order valence-corrected chi connectivity index (χ1v) is 14.6. The number of aliphatic hydroxyl groups excluding tert-OH is 1. The quantitative estimate of drug-likeness (QED) is 0.235. The molecule has 3 N–H and O–H groups in total. The zero-order valence-electron chi connectivity index (χ0n) is 21.9. The zero-order valence-corrected chi connectivity index (χ0v) is 23.6. The third kappa shape index (κ3) is 8.16. The standard InChI is InChI=1S/C30H38N2O3S2/c1-30(2,18-21-16-23-9-4-5-10-24(23)17-21)31-19-25(33)20-32(3)37-29-15-13-27(36-29)26-11-7-6-8-22(26)12-14-28(34)35/h4-11,13,15,21,25,31,33H,12,14,16-20H2,1-3H3,(H,34,35)/t25-/m1/s1. The van der Waals surface area contributed by atoms with Gasteiger partial charge in [0.1, 0.15) is 0 Å². The molecule has 37 heavy (non-hydrogen) atoms. The summed E-state index contributed by atoms with van der Waals surface area (Å²) in [7, 11) is 2.01. The summed E-state index contributed by atoms with van der Waals surface area (Å²) in [5.74, 6) is -0.128. The molecule has 4 rings (SSSR count).